The molecule has 0 aromatic carbocycles. The Balaban J connectivity index is 1.75. The highest BCUT2D eigenvalue weighted by atomic mass is 32.1. The highest BCUT2D eigenvalue weighted by Crippen LogP contribution is 2.26. The molecule has 6 nitrogen and oxygen atoms in total. The van der Waals surface area contributed by atoms with Crippen LogP contribution in [0.5, 0.6) is 0 Å². The van der Waals surface area contributed by atoms with E-state index in [1.807, 2.05) is 5.38 Å². The molecule has 3 heterocycles. The van der Waals surface area contributed by atoms with E-state index in [2.05, 4.69) is 15.2 Å². The molecule has 0 spiro atoms. The van der Waals surface area contributed by atoms with Crippen LogP contribution in [-0.2, 0) is 11.3 Å². The number of H-pyrrole nitrogens is 1. The predicted molar refractivity (Wildman–Crippen MR) is 74.7 cm³/mol. The van der Waals surface area contributed by atoms with Gasteiger partial charge in [-0.1, -0.05) is 0 Å². The first kappa shape index (κ1) is 13.3. The minimum Gasteiger partial charge on any atom is -0.381 e. The molecular weight excluding hydrogens is 276 g/mol. The average Bonchev–Trinajstić information content (AvgIpc) is 3.18. The largest absolute Gasteiger partial charge is 0.381 e. The third-order valence-electron chi connectivity index (χ3n) is 3.47. The van der Waals surface area contributed by atoms with E-state index >= 15 is 0 Å². The van der Waals surface area contributed by atoms with Gasteiger partial charge >= 0.3 is 0 Å². The Morgan fingerprint density at radius 2 is 2.55 bits per heavy atom. The van der Waals surface area contributed by atoms with Gasteiger partial charge < -0.3 is 9.64 Å². The second-order valence-electron chi connectivity index (χ2n) is 4.90. The van der Waals surface area contributed by atoms with Crippen LogP contribution in [-0.4, -0.2) is 46.2 Å². The lowest BCUT2D eigenvalue weighted by Crippen LogP contribution is -2.27. The molecule has 0 saturated carbocycles. The summed E-state index contributed by atoms with van der Waals surface area (Å²) in [6, 6.07) is 0. The summed E-state index contributed by atoms with van der Waals surface area (Å²) in [5.74, 6) is 0.206. The monoisotopic (exact) mass is 292 g/mol. The number of carbonyl (C=O) groups is 1. The number of thiazole rings is 1. The van der Waals surface area contributed by atoms with Crippen LogP contribution in [0.25, 0.3) is 0 Å². The summed E-state index contributed by atoms with van der Waals surface area (Å²) < 4.78 is 5.38. The van der Waals surface area contributed by atoms with Crippen molar-refractivity contribution in [2.75, 3.05) is 20.3 Å². The van der Waals surface area contributed by atoms with Gasteiger partial charge in [-0.3, -0.25) is 9.89 Å². The molecule has 106 valence electrons. The molecule has 0 radical (unpaired) electrons. The first-order chi connectivity index (χ1) is 9.75. The summed E-state index contributed by atoms with van der Waals surface area (Å²) in [5.41, 5.74) is 4.20. The van der Waals surface area contributed by atoms with Gasteiger partial charge in [0, 0.05) is 25.0 Å². The molecule has 0 bridgehead atoms. The quantitative estimate of drug-likeness (QED) is 0.930. The maximum absolute atomic E-state index is 12.5. The van der Waals surface area contributed by atoms with Crippen LogP contribution < -0.4 is 0 Å². The van der Waals surface area contributed by atoms with Gasteiger partial charge in [-0.2, -0.15) is 5.10 Å². The third kappa shape index (κ3) is 2.59. The zero-order valence-corrected chi connectivity index (χ0v) is 12.0. The molecule has 2 aromatic heterocycles. The lowest BCUT2D eigenvalue weighted by Gasteiger charge is -2.17. The predicted octanol–water partition coefficient (Wildman–Crippen LogP) is 1.64. The highest BCUT2D eigenvalue weighted by Gasteiger charge is 2.26. The molecule has 2 aromatic rings. The van der Waals surface area contributed by atoms with E-state index in [1.54, 1.807) is 23.7 Å². The number of nitrogens with zero attached hydrogens (tertiary/aromatic N) is 3. The van der Waals surface area contributed by atoms with Gasteiger partial charge in [-0.15, -0.1) is 11.3 Å². The van der Waals surface area contributed by atoms with Gasteiger partial charge in [0.1, 0.15) is 0 Å². The van der Waals surface area contributed by atoms with Crippen molar-refractivity contribution in [3.8, 4) is 0 Å². The van der Waals surface area contributed by atoms with E-state index in [0.717, 1.165) is 24.4 Å². The minimum absolute atomic E-state index is 0.0337. The van der Waals surface area contributed by atoms with Crippen LogP contribution in [0.2, 0.25) is 0 Å². The van der Waals surface area contributed by atoms with Crippen molar-refractivity contribution in [2.24, 2.45) is 0 Å². The number of amides is 1. The summed E-state index contributed by atoms with van der Waals surface area (Å²) >= 11 is 1.53. The molecule has 1 amide bonds. The zero-order chi connectivity index (χ0) is 13.9. The van der Waals surface area contributed by atoms with E-state index in [-0.39, 0.29) is 11.8 Å². The molecule has 1 unspecified atom stereocenters. The first-order valence-electron chi connectivity index (χ1n) is 6.49. The van der Waals surface area contributed by atoms with Crippen molar-refractivity contribution in [3.05, 3.63) is 34.0 Å². The van der Waals surface area contributed by atoms with Crippen LogP contribution in [0.4, 0.5) is 0 Å². The molecule has 1 aliphatic rings. The molecule has 1 N–H and O–H groups in total. The highest BCUT2D eigenvalue weighted by molar-refractivity contribution is 7.07. The average molecular weight is 292 g/mol. The number of carbonyl (C=O) groups excluding carboxylic acids is 1. The number of hydrogen-bond acceptors (Lipinski definition) is 5. The van der Waals surface area contributed by atoms with Crippen LogP contribution in [0, 0.1) is 0 Å². The lowest BCUT2D eigenvalue weighted by atomic mass is 10.0. The lowest BCUT2D eigenvalue weighted by molar-refractivity contribution is 0.0782. The molecule has 20 heavy (non-hydrogen) atoms. The van der Waals surface area contributed by atoms with Crippen LogP contribution >= 0.6 is 11.3 Å². The van der Waals surface area contributed by atoms with Crippen molar-refractivity contribution in [1.29, 1.82) is 0 Å². The normalized spacial score (nSPS) is 18.4. The Morgan fingerprint density at radius 3 is 3.25 bits per heavy atom. The zero-order valence-electron chi connectivity index (χ0n) is 11.2. The van der Waals surface area contributed by atoms with Crippen molar-refractivity contribution in [3.63, 3.8) is 0 Å². The maximum Gasteiger partial charge on any atom is 0.257 e. The number of nitrogens with one attached hydrogen (secondary N) is 1. The van der Waals surface area contributed by atoms with Crippen LogP contribution in [0.15, 0.2) is 17.1 Å². The van der Waals surface area contributed by atoms with E-state index in [1.165, 1.54) is 11.3 Å². The second-order valence-corrected chi connectivity index (χ2v) is 5.62. The number of aromatic nitrogens is 3. The van der Waals surface area contributed by atoms with Crippen molar-refractivity contribution in [1.82, 2.24) is 20.1 Å². The SMILES string of the molecule is CN(Cc1cscn1)C(=O)c1cn[nH]c1C1CCOC1. The standard InChI is InChI=1S/C13H16N4O2S/c1-17(5-10-7-20-8-14-10)13(18)11-4-15-16-12(11)9-2-3-19-6-9/h4,7-9H,2-3,5-6H2,1H3,(H,15,16). The topological polar surface area (TPSA) is 71.1 Å². The molecule has 1 atom stereocenters. The molecule has 1 saturated heterocycles. The summed E-state index contributed by atoms with van der Waals surface area (Å²) in [6.07, 6.45) is 2.53. The van der Waals surface area contributed by atoms with E-state index in [4.69, 9.17) is 4.74 Å². The van der Waals surface area contributed by atoms with E-state index in [0.29, 0.717) is 18.7 Å². The van der Waals surface area contributed by atoms with Gasteiger partial charge in [0.05, 0.1) is 41.8 Å². The molecule has 1 aliphatic heterocycles. The molecule has 7 heteroatoms. The number of ether oxygens (including phenoxy) is 1. The summed E-state index contributed by atoms with van der Waals surface area (Å²) in [5, 5.41) is 8.93. The Bertz CT molecular complexity index is 575. The van der Waals surface area contributed by atoms with Gasteiger partial charge in [0.2, 0.25) is 0 Å². The maximum atomic E-state index is 12.5. The number of hydrogen-bond donors (Lipinski definition) is 1. The molecular formula is C13H16N4O2S. The summed E-state index contributed by atoms with van der Waals surface area (Å²) in [7, 11) is 1.78. The van der Waals surface area contributed by atoms with Gasteiger partial charge in [-0.05, 0) is 6.42 Å². The third-order valence-corrected chi connectivity index (χ3v) is 4.10. The van der Waals surface area contributed by atoms with E-state index in [9.17, 15) is 4.79 Å². The molecule has 1 fully saturated rings. The van der Waals surface area contributed by atoms with Gasteiger partial charge in [-0.25, -0.2) is 4.98 Å². The fourth-order valence-corrected chi connectivity index (χ4v) is 2.93. The Labute approximate surface area is 120 Å². The van der Waals surface area contributed by atoms with Gasteiger partial charge in [0.25, 0.3) is 5.91 Å². The molecule has 3 rings (SSSR count). The fourth-order valence-electron chi connectivity index (χ4n) is 2.38. The van der Waals surface area contributed by atoms with Crippen molar-refractivity contribution in [2.45, 2.75) is 18.9 Å². The smallest absolute Gasteiger partial charge is 0.257 e. The Hall–Kier alpha value is -1.73. The van der Waals surface area contributed by atoms with Gasteiger partial charge in [0.15, 0.2) is 0 Å². The van der Waals surface area contributed by atoms with Crippen LogP contribution in [0.1, 0.15) is 34.1 Å². The van der Waals surface area contributed by atoms with Crippen molar-refractivity contribution < 1.29 is 9.53 Å². The summed E-state index contributed by atoms with van der Waals surface area (Å²) in [6.45, 7) is 1.90. The fraction of sp³-hybridized carbons (Fsp3) is 0.462. The van der Waals surface area contributed by atoms with Crippen molar-refractivity contribution >= 4 is 17.2 Å². The first-order valence-corrected chi connectivity index (χ1v) is 7.43. The Kier molecular flexibility index (Phi) is 3.79. The van der Waals surface area contributed by atoms with Crippen LogP contribution in [0.3, 0.4) is 0 Å². The minimum atomic E-state index is -0.0337. The summed E-state index contributed by atoms with van der Waals surface area (Å²) in [4.78, 5) is 18.4. The number of aromatic amines is 1. The second kappa shape index (κ2) is 5.72. The number of rotatable bonds is 4. The Morgan fingerprint density at radius 1 is 1.65 bits per heavy atom. The van der Waals surface area contributed by atoms with E-state index < -0.39 is 0 Å². The molecule has 0 aliphatic carbocycles.